The smallest absolute Gasteiger partial charge is 0.246 e. The number of anilines is 2. The minimum Gasteiger partial charge on any atom is -0.457 e. The van der Waals surface area contributed by atoms with Crippen LogP contribution < -0.4 is 20.9 Å². The van der Waals surface area contributed by atoms with Crippen LogP contribution in [-0.2, 0) is 19.1 Å². The van der Waals surface area contributed by atoms with E-state index >= 15 is 0 Å². The van der Waals surface area contributed by atoms with Gasteiger partial charge in [0.2, 0.25) is 11.8 Å². The summed E-state index contributed by atoms with van der Waals surface area (Å²) in [5.74, 6) is 3.67. The molecule has 0 spiro atoms. The molecule has 0 radical (unpaired) electrons. The molecule has 4 saturated heterocycles. The Hall–Kier alpha value is -7.84. The molecular weight excluding hydrogens is 1080 g/mol. The summed E-state index contributed by atoms with van der Waals surface area (Å²) >= 11 is 14.2. The van der Waals surface area contributed by atoms with Crippen LogP contribution in [0, 0.1) is 0 Å². The first-order chi connectivity index (χ1) is 40.0. The number of likely N-dealkylation sites (N-methyl/N-ethyl adjacent to an activating group) is 2. The number of nitrogen functional groups attached to an aromatic ring is 2. The Balaban J connectivity index is 0.000000172. The number of likely N-dealkylation sites (tertiary alicyclic amines) is 2. The average molecular weight is 1150 g/mol. The lowest BCUT2D eigenvalue weighted by Crippen LogP contribution is -2.32. The normalized spacial score (nSPS) is 19.1. The molecule has 4 atom stereocenters. The van der Waals surface area contributed by atoms with E-state index in [2.05, 4.69) is 43.8 Å². The molecule has 0 bridgehead atoms. The number of hydrogen-bond acceptors (Lipinski definition) is 14. The Morgan fingerprint density at radius 1 is 0.573 bits per heavy atom. The van der Waals surface area contributed by atoms with Crippen LogP contribution in [0.2, 0.25) is 10.3 Å². The SMILES string of the molecule is CN(C/C=C/C(=O)N1CC[C@@H](n2c(Cl)c(-c3ccc(Oc4ccccc4)cc3)c3c(N)ncnc32)C1)[C@@H]1CCOC1.CN(C/C=C/C(=O)N1CC[C@@H](n2c(Cl)c(-c3ccc(Oc4ccccc4)cc3)c3c(N)ncnc32)C1)[C@H]1CCOC1. The molecule has 8 heterocycles. The highest BCUT2D eigenvalue weighted by molar-refractivity contribution is 6.36. The van der Waals surface area contributed by atoms with E-state index in [1.807, 2.05) is 140 Å². The van der Waals surface area contributed by atoms with Crippen molar-refractivity contribution in [2.24, 2.45) is 0 Å². The number of carbonyl (C=O) groups is 2. The fourth-order valence-electron chi connectivity index (χ4n) is 11.3. The Kier molecular flexibility index (Phi) is 17.4. The number of ether oxygens (including phenoxy) is 4. The first kappa shape index (κ1) is 56.0. The molecule has 2 amide bonds. The first-order valence-electron chi connectivity index (χ1n) is 27.7. The topological polar surface area (TPSA) is 197 Å². The van der Waals surface area contributed by atoms with Gasteiger partial charge in [-0.3, -0.25) is 19.4 Å². The summed E-state index contributed by atoms with van der Waals surface area (Å²) in [4.78, 5) is 51.9. The number of fused-ring (bicyclic) bond motifs is 2. The molecule has 12 rings (SSSR count). The van der Waals surface area contributed by atoms with E-state index in [1.165, 1.54) is 12.7 Å². The minimum absolute atomic E-state index is 0.000441. The van der Waals surface area contributed by atoms with Crippen LogP contribution in [0.1, 0.15) is 37.8 Å². The minimum atomic E-state index is -0.0376. The average Bonchev–Trinajstić information content (AvgIpc) is 4.51. The number of halogens is 2. The zero-order valence-corrected chi connectivity index (χ0v) is 47.4. The lowest BCUT2D eigenvalue weighted by atomic mass is 10.1. The monoisotopic (exact) mass is 1140 g/mol. The number of carbonyl (C=O) groups excluding carboxylic acids is 2. The highest BCUT2D eigenvalue weighted by atomic mass is 35.5. The molecule has 82 heavy (non-hydrogen) atoms. The summed E-state index contributed by atoms with van der Waals surface area (Å²) in [5, 5.41) is 2.47. The number of nitrogens with two attached hydrogens (primary N) is 2. The molecule has 0 unspecified atom stereocenters. The van der Waals surface area contributed by atoms with Crippen LogP contribution >= 0.6 is 23.2 Å². The fourth-order valence-corrected chi connectivity index (χ4v) is 12.1. The number of nitrogens with zero attached hydrogens (tertiary/aromatic N) is 10. The third-order valence-corrected chi connectivity index (χ3v) is 16.5. The Labute approximate surface area is 486 Å². The quantitative estimate of drug-likeness (QED) is 0.0867. The lowest BCUT2D eigenvalue weighted by Gasteiger charge is -2.21. The van der Waals surface area contributed by atoms with Crippen molar-refractivity contribution in [3.05, 3.63) is 156 Å². The molecule has 8 aromatic rings. The van der Waals surface area contributed by atoms with Gasteiger partial charge in [-0.05, 0) is 99.4 Å². The van der Waals surface area contributed by atoms with Crippen molar-refractivity contribution in [1.82, 2.24) is 48.7 Å². The van der Waals surface area contributed by atoms with E-state index in [1.54, 1.807) is 12.2 Å². The highest BCUT2D eigenvalue weighted by Crippen LogP contribution is 2.45. The number of amides is 2. The van der Waals surface area contributed by atoms with E-state index in [0.717, 1.165) is 85.9 Å². The van der Waals surface area contributed by atoms with Crippen molar-refractivity contribution in [3.8, 4) is 45.3 Å². The van der Waals surface area contributed by atoms with Crippen molar-refractivity contribution in [2.75, 3.05) is 91.3 Å². The predicted octanol–water partition coefficient (Wildman–Crippen LogP) is 10.4. The van der Waals surface area contributed by atoms with Crippen LogP contribution in [0.25, 0.3) is 44.3 Å². The molecule has 424 valence electrons. The molecule has 18 nitrogen and oxygen atoms in total. The maximum atomic E-state index is 13.0. The van der Waals surface area contributed by atoms with Crippen molar-refractivity contribution < 1.29 is 28.5 Å². The second-order valence-electron chi connectivity index (χ2n) is 21.0. The van der Waals surface area contributed by atoms with E-state index < -0.39 is 0 Å². The lowest BCUT2D eigenvalue weighted by molar-refractivity contribution is -0.125. The van der Waals surface area contributed by atoms with Gasteiger partial charge in [0, 0.05) is 87.8 Å². The molecule has 4 aromatic carbocycles. The number of benzene rings is 4. The van der Waals surface area contributed by atoms with Gasteiger partial charge in [-0.15, -0.1) is 0 Å². The Bertz CT molecular complexity index is 3330. The fraction of sp³-hybridized carbons (Fsp3) is 0.323. The molecule has 4 aromatic heterocycles. The zero-order valence-electron chi connectivity index (χ0n) is 45.9. The highest BCUT2D eigenvalue weighted by Gasteiger charge is 2.34. The number of rotatable bonds is 16. The second kappa shape index (κ2) is 25.5. The van der Waals surface area contributed by atoms with Crippen LogP contribution in [-0.4, -0.2) is 152 Å². The summed E-state index contributed by atoms with van der Waals surface area (Å²) < 4.78 is 26.9. The number of para-hydroxylation sites is 2. The third kappa shape index (κ3) is 12.3. The maximum absolute atomic E-state index is 13.0. The Morgan fingerprint density at radius 3 is 1.34 bits per heavy atom. The van der Waals surface area contributed by atoms with Crippen LogP contribution in [0.3, 0.4) is 0 Å². The molecular formula is C62H66Cl2N12O6. The largest absolute Gasteiger partial charge is 0.457 e. The van der Waals surface area contributed by atoms with Crippen molar-refractivity contribution >= 4 is 68.7 Å². The molecule has 0 saturated carbocycles. The summed E-state index contributed by atoms with van der Waals surface area (Å²) in [6.45, 7) is 6.86. The predicted molar refractivity (Wildman–Crippen MR) is 320 cm³/mol. The van der Waals surface area contributed by atoms with E-state index in [-0.39, 0.29) is 23.9 Å². The summed E-state index contributed by atoms with van der Waals surface area (Å²) in [6, 6.07) is 35.4. The van der Waals surface area contributed by atoms with Crippen molar-refractivity contribution in [1.29, 1.82) is 0 Å². The first-order valence-corrected chi connectivity index (χ1v) is 28.5. The van der Waals surface area contributed by atoms with Crippen molar-refractivity contribution in [3.63, 3.8) is 0 Å². The maximum Gasteiger partial charge on any atom is 0.246 e. The number of aromatic nitrogens is 6. The molecule has 4 aliphatic heterocycles. The van der Waals surface area contributed by atoms with E-state index in [4.69, 9.17) is 53.6 Å². The summed E-state index contributed by atoms with van der Waals surface area (Å²) in [6.07, 6.45) is 13.7. The molecule has 4 fully saturated rings. The van der Waals surface area contributed by atoms with Gasteiger partial charge in [0.15, 0.2) is 0 Å². The van der Waals surface area contributed by atoms with Crippen molar-refractivity contribution in [2.45, 2.75) is 49.9 Å². The summed E-state index contributed by atoms with van der Waals surface area (Å²) in [7, 11) is 4.13. The molecule has 4 aliphatic rings. The van der Waals surface area contributed by atoms with Gasteiger partial charge in [0.25, 0.3) is 0 Å². The van der Waals surface area contributed by atoms with Gasteiger partial charge in [0.1, 0.15) is 68.9 Å². The van der Waals surface area contributed by atoms with Gasteiger partial charge >= 0.3 is 0 Å². The van der Waals surface area contributed by atoms with Gasteiger partial charge in [-0.1, -0.05) is 96.0 Å². The van der Waals surface area contributed by atoms with E-state index in [0.29, 0.717) is 107 Å². The van der Waals surface area contributed by atoms with Gasteiger partial charge in [-0.2, -0.15) is 0 Å². The molecule has 4 N–H and O–H groups in total. The van der Waals surface area contributed by atoms with Gasteiger partial charge in [-0.25, -0.2) is 19.9 Å². The Morgan fingerprint density at radius 2 is 0.963 bits per heavy atom. The van der Waals surface area contributed by atoms with Crippen LogP contribution in [0.4, 0.5) is 11.6 Å². The zero-order chi connectivity index (χ0) is 56.7. The van der Waals surface area contributed by atoms with Gasteiger partial charge < -0.3 is 49.3 Å². The standard InChI is InChI=1S/2C31H33ClN6O3/c2*1-36(23-14-17-40-19-23)15-5-8-26(39)37-16-13-22(18-37)38-29(32)27(28-30(33)34-20-35-31(28)38)21-9-11-25(12-10-21)41-24-6-3-2-4-7-24/h2*2-12,20,22-23H,13-19H2,1H3,(H2,33,34,35)/b2*8-5+/t22-,23+;22-,23-/m11/s1. The van der Waals surface area contributed by atoms with Crippen LogP contribution in [0.5, 0.6) is 23.0 Å². The second-order valence-corrected chi connectivity index (χ2v) is 21.8. The van der Waals surface area contributed by atoms with Gasteiger partial charge in [0.05, 0.1) is 36.1 Å². The van der Waals surface area contributed by atoms with E-state index in [9.17, 15) is 9.59 Å². The molecule has 0 aliphatic carbocycles. The number of hydrogen-bond donors (Lipinski definition) is 2. The third-order valence-electron chi connectivity index (χ3n) is 15.8. The summed E-state index contributed by atoms with van der Waals surface area (Å²) in [5.41, 5.74) is 17.4. The molecule has 20 heteroatoms. The van der Waals surface area contributed by atoms with Crippen LogP contribution in [0.15, 0.2) is 146 Å².